The number of hydrogen-bond donors (Lipinski definition) is 3. The first-order chi connectivity index (χ1) is 15.7. The van der Waals surface area contributed by atoms with Gasteiger partial charge < -0.3 is 20.7 Å². The molecule has 6 heteroatoms. The SMILES string of the molecule is CCOc1ccc(C(NC(=O)CCCNC(=O)NC2CCCCC2)c2ccccc2)cc1. The Bertz CT molecular complexity index is 833. The third-order valence-corrected chi connectivity index (χ3v) is 5.77. The molecule has 0 aromatic heterocycles. The summed E-state index contributed by atoms with van der Waals surface area (Å²) in [6.07, 6.45) is 6.68. The van der Waals surface area contributed by atoms with E-state index in [9.17, 15) is 9.59 Å². The standard InChI is InChI=1S/C26H35N3O3/c1-2-32-23-17-15-21(16-18-23)25(20-10-5-3-6-11-20)29-24(30)14-9-19-27-26(31)28-22-12-7-4-8-13-22/h3,5-6,10-11,15-18,22,25H,2,4,7-9,12-14,19H2,1H3,(H,29,30)(H2,27,28,31). The van der Waals surface area contributed by atoms with Crippen molar-refractivity contribution in [3.05, 3.63) is 65.7 Å². The van der Waals surface area contributed by atoms with E-state index >= 15 is 0 Å². The van der Waals surface area contributed by atoms with Gasteiger partial charge in [0.2, 0.25) is 5.91 Å². The van der Waals surface area contributed by atoms with Crippen molar-refractivity contribution in [2.45, 2.75) is 64.0 Å². The van der Waals surface area contributed by atoms with Gasteiger partial charge in [-0.05, 0) is 49.4 Å². The number of benzene rings is 2. The van der Waals surface area contributed by atoms with Gasteiger partial charge in [-0.15, -0.1) is 0 Å². The van der Waals surface area contributed by atoms with Crippen LogP contribution in [-0.4, -0.2) is 31.1 Å². The topological polar surface area (TPSA) is 79.5 Å². The Morgan fingerprint density at radius 3 is 2.34 bits per heavy atom. The maximum atomic E-state index is 12.7. The zero-order valence-corrected chi connectivity index (χ0v) is 18.9. The van der Waals surface area contributed by atoms with Gasteiger partial charge in [-0.1, -0.05) is 61.7 Å². The highest BCUT2D eigenvalue weighted by Crippen LogP contribution is 2.24. The van der Waals surface area contributed by atoms with Crippen molar-refractivity contribution in [1.82, 2.24) is 16.0 Å². The summed E-state index contributed by atoms with van der Waals surface area (Å²) in [5, 5.41) is 9.06. The van der Waals surface area contributed by atoms with Crippen LogP contribution in [0.5, 0.6) is 5.75 Å². The van der Waals surface area contributed by atoms with Crippen molar-refractivity contribution in [3.63, 3.8) is 0 Å². The molecular weight excluding hydrogens is 402 g/mol. The van der Waals surface area contributed by atoms with Gasteiger partial charge in [-0.2, -0.15) is 0 Å². The number of nitrogens with one attached hydrogen (secondary N) is 3. The molecule has 1 unspecified atom stereocenters. The van der Waals surface area contributed by atoms with Crippen molar-refractivity contribution in [1.29, 1.82) is 0 Å². The first-order valence-corrected chi connectivity index (χ1v) is 11.8. The molecule has 3 amide bonds. The molecule has 0 radical (unpaired) electrons. The van der Waals surface area contributed by atoms with E-state index in [2.05, 4.69) is 16.0 Å². The molecule has 1 atom stereocenters. The molecule has 2 aromatic carbocycles. The van der Waals surface area contributed by atoms with E-state index in [1.807, 2.05) is 61.5 Å². The van der Waals surface area contributed by atoms with Gasteiger partial charge >= 0.3 is 6.03 Å². The second kappa shape index (κ2) is 12.7. The highest BCUT2D eigenvalue weighted by Gasteiger charge is 2.18. The van der Waals surface area contributed by atoms with Gasteiger partial charge in [-0.25, -0.2) is 4.79 Å². The first kappa shape index (κ1) is 23.6. The number of rotatable bonds is 10. The van der Waals surface area contributed by atoms with Gasteiger partial charge in [0, 0.05) is 19.0 Å². The number of amides is 3. The van der Waals surface area contributed by atoms with Crippen LogP contribution in [0.1, 0.15) is 69.0 Å². The Kier molecular flexibility index (Phi) is 9.41. The fourth-order valence-corrected chi connectivity index (χ4v) is 4.10. The third-order valence-electron chi connectivity index (χ3n) is 5.77. The molecule has 0 spiro atoms. The fourth-order valence-electron chi connectivity index (χ4n) is 4.10. The summed E-state index contributed by atoms with van der Waals surface area (Å²) in [5.74, 6) is 0.772. The zero-order chi connectivity index (χ0) is 22.6. The van der Waals surface area contributed by atoms with E-state index in [-0.39, 0.29) is 24.0 Å². The molecule has 1 aliphatic rings. The van der Waals surface area contributed by atoms with Gasteiger partial charge in [0.1, 0.15) is 5.75 Å². The van der Waals surface area contributed by atoms with Crippen LogP contribution in [0.25, 0.3) is 0 Å². The molecule has 2 aromatic rings. The monoisotopic (exact) mass is 437 g/mol. The Morgan fingerprint density at radius 2 is 1.66 bits per heavy atom. The maximum absolute atomic E-state index is 12.7. The molecule has 1 aliphatic carbocycles. The molecule has 0 heterocycles. The maximum Gasteiger partial charge on any atom is 0.315 e. The quantitative estimate of drug-likeness (QED) is 0.471. The smallest absolute Gasteiger partial charge is 0.315 e. The average Bonchev–Trinajstić information content (AvgIpc) is 2.82. The van der Waals surface area contributed by atoms with Crippen LogP contribution in [-0.2, 0) is 4.79 Å². The largest absolute Gasteiger partial charge is 0.494 e. The lowest BCUT2D eigenvalue weighted by Crippen LogP contribution is -2.43. The van der Waals surface area contributed by atoms with E-state index in [4.69, 9.17) is 4.74 Å². The number of carbonyl (C=O) groups is 2. The lowest BCUT2D eigenvalue weighted by Gasteiger charge is -2.23. The van der Waals surface area contributed by atoms with Crippen LogP contribution in [0.15, 0.2) is 54.6 Å². The minimum atomic E-state index is -0.234. The van der Waals surface area contributed by atoms with E-state index in [1.165, 1.54) is 19.3 Å². The third kappa shape index (κ3) is 7.59. The Hall–Kier alpha value is -3.02. The summed E-state index contributed by atoms with van der Waals surface area (Å²) in [5.41, 5.74) is 2.02. The highest BCUT2D eigenvalue weighted by molar-refractivity contribution is 5.77. The number of urea groups is 1. The van der Waals surface area contributed by atoms with Crippen molar-refractivity contribution in [3.8, 4) is 5.75 Å². The van der Waals surface area contributed by atoms with Crippen molar-refractivity contribution in [2.75, 3.05) is 13.2 Å². The van der Waals surface area contributed by atoms with Gasteiger partial charge in [0.25, 0.3) is 0 Å². The number of hydrogen-bond acceptors (Lipinski definition) is 3. The minimum Gasteiger partial charge on any atom is -0.494 e. The number of carbonyl (C=O) groups excluding carboxylic acids is 2. The molecule has 1 saturated carbocycles. The molecule has 0 aliphatic heterocycles. The van der Waals surface area contributed by atoms with Crippen molar-refractivity contribution < 1.29 is 14.3 Å². The van der Waals surface area contributed by atoms with Crippen LogP contribution in [0.3, 0.4) is 0 Å². The molecular formula is C26H35N3O3. The van der Waals surface area contributed by atoms with Gasteiger partial charge in [-0.3, -0.25) is 4.79 Å². The summed E-state index contributed by atoms with van der Waals surface area (Å²) < 4.78 is 5.53. The van der Waals surface area contributed by atoms with Crippen molar-refractivity contribution >= 4 is 11.9 Å². The summed E-state index contributed by atoms with van der Waals surface area (Å²) in [7, 11) is 0. The highest BCUT2D eigenvalue weighted by atomic mass is 16.5. The van der Waals surface area contributed by atoms with Gasteiger partial charge in [0.15, 0.2) is 0 Å². The summed E-state index contributed by atoms with van der Waals surface area (Å²) >= 11 is 0. The van der Waals surface area contributed by atoms with Crippen LogP contribution >= 0.6 is 0 Å². The average molecular weight is 438 g/mol. The van der Waals surface area contributed by atoms with E-state index < -0.39 is 0 Å². The first-order valence-electron chi connectivity index (χ1n) is 11.8. The van der Waals surface area contributed by atoms with Crippen LogP contribution in [0.4, 0.5) is 4.79 Å². The van der Waals surface area contributed by atoms with Crippen molar-refractivity contribution in [2.24, 2.45) is 0 Å². The second-order valence-corrected chi connectivity index (χ2v) is 8.25. The summed E-state index contributed by atoms with van der Waals surface area (Å²) in [6, 6.07) is 17.7. The van der Waals surface area contributed by atoms with Gasteiger partial charge in [0.05, 0.1) is 12.6 Å². The minimum absolute atomic E-state index is 0.0396. The van der Waals surface area contributed by atoms with Crippen LogP contribution < -0.4 is 20.7 Å². The predicted octanol–water partition coefficient (Wildman–Crippen LogP) is 4.70. The Morgan fingerprint density at radius 1 is 0.969 bits per heavy atom. The second-order valence-electron chi connectivity index (χ2n) is 8.25. The van der Waals surface area contributed by atoms with E-state index in [1.54, 1.807) is 0 Å². The molecule has 1 fully saturated rings. The zero-order valence-electron chi connectivity index (χ0n) is 18.9. The van der Waals surface area contributed by atoms with Crippen LogP contribution in [0.2, 0.25) is 0 Å². The Balaban J connectivity index is 1.48. The molecule has 6 nitrogen and oxygen atoms in total. The normalized spacial score (nSPS) is 14.9. The van der Waals surface area contributed by atoms with E-state index in [0.717, 1.165) is 29.7 Å². The summed E-state index contributed by atoms with van der Waals surface area (Å²) in [6.45, 7) is 3.05. The molecule has 32 heavy (non-hydrogen) atoms. The molecule has 0 saturated heterocycles. The molecule has 3 rings (SSSR count). The van der Waals surface area contributed by atoms with Crippen LogP contribution in [0, 0.1) is 0 Å². The lowest BCUT2D eigenvalue weighted by molar-refractivity contribution is -0.121. The van der Waals surface area contributed by atoms with E-state index in [0.29, 0.717) is 26.0 Å². The number of ether oxygens (including phenoxy) is 1. The summed E-state index contributed by atoms with van der Waals surface area (Å²) in [4.78, 5) is 24.7. The fraction of sp³-hybridized carbons (Fsp3) is 0.462. The lowest BCUT2D eigenvalue weighted by atomic mass is 9.96. The predicted molar refractivity (Wildman–Crippen MR) is 127 cm³/mol. The molecule has 172 valence electrons. The Labute approximate surface area is 191 Å². The molecule has 3 N–H and O–H groups in total. The molecule has 0 bridgehead atoms.